The van der Waals surface area contributed by atoms with Gasteiger partial charge in [0.25, 0.3) is 0 Å². The van der Waals surface area contributed by atoms with Crippen LogP contribution in [0.4, 0.5) is 4.39 Å². The lowest BCUT2D eigenvalue weighted by Gasteiger charge is -2.32. The second-order valence-electron chi connectivity index (χ2n) is 6.61. The van der Waals surface area contributed by atoms with Crippen molar-refractivity contribution in [2.45, 2.75) is 65.3 Å². The molecule has 2 rings (SSSR count). The van der Waals surface area contributed by atoms with E-state index in [1.54, 1.807) is 12.1 Å². The average molecular weight is 294 g/mol. The highest BCUT2D eigenvalue weighted by molar-refractivity contribution is 6.62. The minimum atomic E-state index is -0.687. The molecule has 1 aliphatic rings. The van der Waals surface area contributed by atoms with E-state index in [0.717, 1.165) is 6.42 Å². The summed E-state index contributed by atoms with van der Waals surface area (Å²) in [7, 11) is -0.687. The number of hydrogen-bond donors (Lipinski definition) is 0. The zero-order chi connectivity index (χ0) is 15.8. The van der Waals surface area contributed by atoms with Crippen LogP contribution in [0.5, 0.6) is 5.75 Å². The van der Waals surface area contributed by atoms with Gasteiger partial charge in [-0.15, -0.1) is 0 Å². The summed E-state index contributed by atoms with van der Waals surface area (Å²) in [6.07, 6.45) is 0.938. The normalized spacial score (nSPS) is 21.4. The molecule has 1 saturated heterocycles. The molecule has 1 atom stereocenters. The summed E-state index contributed by atoms with van der Waals surface area (Å²) < 4.78 is 31.7. The maximum atomic E-state index is 14.3. The van der Waals surface area contributed by atoms with Crippen LogP contribution in [0.2, 0.25) is 0 Å². The van der Waals surface area contributed by atoms with Gasteiger partial charge in [0.2, 0.25) is 0 Å². The van der Waals surface area contributed by atoms with Crippen LogP contribution in [0.3, 0.4) is 0 Å². The predicted octanol–water partition coefficient (Wildman–Crippen LogP) is 3.30. The van der Waals surface area contributed by atoms with Gasteiger partial charge in [0.15, 0.2) is 0 Å². The second kappa shape index (κ2) is 5.62. The van der Waals surface area contributed by atoms with E-state index in [4.69, 9.17) is 14.0 Å². The van der Waals surface area contributed by atoms with Crippen molar-refractivity contribution >= 4 is 12.6 Å². The summed E-state index contributed by atoms with van der Waals surface area (Å²) >= 11 is 0. The molecule has 1 aliphatic heterocycles. The second-order valence-corrected chi connectivity index (χ2v) is 6.61. The van der Waals surface area contributed by atoms with Crippen LogP contribution in [-0.2, 0) is 9.31 Å². The molecule has 1 unspecified atom stereocenters. The summed E-state index contributed by atoms with van der Waals surface area (Å²) in [5.74, 6) is 0.163. The van der Waals surface area contributed by atoms with E-state index in [-0.39, 0.29) is 11.9 Å². The Labute approximate surface area is 126 Å². The third kappa shape index (κ3) is 3.24. The Bertz CT molecular complexity index is 500. The first-order valence-electron chi connectivity index (χ1n) is 7.48. The minimum absolute atomic E-state index is 0.0621. The molecular formula is C16H24BFO3. The zero-order valence-electron chi connectivity index (χ0n) is 13.7. The van der Waals surface area contributed by atoms with Crippen LogP contribution < -0.4 is 10.2 Å². The fourth-order valence-electron chi connectivity index (χ4n) is 2.06. The highest BCUT2D eigenvalue weighted by atomic mass is 19.1. The van der Waals surface area contributed by atoms with Crippen LogP contribution >= 0.6 is 0 Å². The van der Waals surface area contributed by atoms with Gasteiger partial charge in [-0.2, -0.15) is 0 Å². The quantitative estimate of drug-likeness (QED) is 0.797. The van der Waals surface area contributed by atoms with Crippen LogP contribution in [0.1, 0.15) is 48.0 Å². The first-order chi connectivity index (χ1) is 9.66. The molecule has 1 aromatic carbocycles. The third-order valence-electron chi connectivity index (χ3n) is 4.39. The van der Waals surface area contributed by atoms with E-state index in [1.165, 1.54) is 6.07 Å². The van der Waals surface area contributed by atoms with E-state index in [0.29, 0.717) is 11.2 Å². The van der Waals surface area contributed by atoms with Gasteiger partial charge in [0, 0.05) is 11.5 Å². The summed E-state index contributed by atoms with van der Waals surface area (Å²) in [6, 6.07) is 4.83. The van der Waals surface area contributed by atoms with Crippen molar-refractivity contribution in [1.29, 1.82) is 0 Å². The Morgan fingerprint density at radius 2 is 1.76 bits per heavy atom. The van der Waals surface area contributed by atoms with Crippen molar-refractivity contribution in [3.05, 3.63) is 24.0 Å². The van der Waals surface area contributed by atoms with E-state index in [2.05, 4.69) is 0 Å². The van der Waals surface area contributed by atoms with Gasteiger partial charge in [-0.1, -0.05) is 13.0 Å². The lowest BCUT2D eigenvalue weighted by atomic mass is 9.78. The summed E-state index contributed by atoms with van der Waals surface area (Å²) in [6.45, 7) is 11.8. The molecular weight excluding hydrogens is 270 g/mol. The monoisotopic (exact) mass is 294 g/mol. The Hall–Kier alpha value is -1.07. The molecule has 1 heterocycles. The molecule has 0 aromatic heterocycles. The van der Waals surface area contributed by atoms with E-state index < -0.39 is 18.3 Å². The highest BCUT2D eigenvalue weighted by Gasteiger charge is 2.52. The topological polar surface area (TPSA) is 27.7 Å². The lowest BCUT2D eigenvalue weighted by molar-refractivity contribution is 0.00578. The predicted molar refractivity (Wildman–Crippen MR) is 82.5 cm³/mol. The van der Waals surface area contributed by atoms with Gasteiger partial charge in [-0.25, -0.2) is 4.39 Å². The van der Waals surface area contributed by atoms with Crippen LogP contribution in [-0.4, -0.2) is 24.4 Å². The largest absolute Gasteiger partial charge is 0.497 e. The van der Waals surface area contributed by atoms with Crippen molar-refractivity contribution < 1.29 is 18.4 Å². The molecule has 1 fully saturated rings. The van der Waals surface area contributed by atoms with Gasteiger partial charge in [0.05, 0.1) is 17.3 Å². The number of hydrogen-bond acceptors (Lipinski definition) is 3. The fourth-order valence-corrected chi connectivity index (χ4v) is 2.06. The molecule has 0 spiro atoms. The first kappa shape index (κ1) is 16.3. The summed E-state index contributed by atoms with van der Waals surface area (Å²) in [5.41, 5.74) is -0.545. The molecule has 3 nitrogen and oxygen atoms in total. The van der Waals surface area contributed by atoms with Gasteiger partial charge >= 0.3 is 7.12 Å². The number of ether oxygens (including phenoxy) is 1. The molecule has 0 aliphatic carbocycles. The van der Waals surface area contributed by atoms with E-state index >= 15 is 0 Å². The van der Waals surface area contributed by atoms with Gasteiger partial charge in [0.1, 0.15) is 11.6 Å². The van der Waals surface area contributed by atoms with Crippen molar-refractivity contribution in [1.82, 2.24) is 0 Å². The zero-order valence-corrected chi connectivity index (χ0v) is 13.7. The number of rotatable bonds is 4. The van der Waals surface area contributed by atoms with Crippen molar-refractivity contribution in [3.8, 4) is 5.75 Å². The highest BCUT2D eigenvalue weighted by Crippen LogP contribution is 2.36. The van der Waals surface area contributed by atoms with E-state index in [1.807, 2.05) is 41.5 Å². The summed E-state index contributed by atoms with van der Waals surface area (Å²) in [5, 5.41) is 0. The minimum Gasteiger partial charge on any atom is -0.491 e. The lowest BCUT2D eigenvalue weighted by Crippen LogP contribution is -2.41. The van der Waals surface area contributed by atoms with Gasteiger partial charge in [-0.3, -0.25) is 0 Å². The molecule has 0 saturated carbocycles. The standard InChI is InChI=1S/C16H24BFO3/c1-7-11(2)19-12-8-9-13(14(18)10-12)17-20-15(3,4)16(5,6)21-17/h8-11H,7H2,1-6H3. The molecule has 116 valence electrons. The Kier molecular flexibility index (Phi) is 4.36. The SMILES string of the molecule is CCC(C)Oc1ccc(B2OC(C)(C)C(C)(C)O2)c(F)c1. The maximum absolute atomic E-state index is 14.3. The third-order valence-corrected chi connectivity index (χ3v) is 4.39. The first-order valence-corrected chi connectivity index (χ1v) is 7.48. The molecule has 0 amide bonds. The Balaban J connectivity index is 2.19. The van der Waals surface area contributed by atoms with Crippen molar-refractivity contribution in [3.63, 3.8) is 0 Å². The number of halogens is 1. The van der Waals surface area contributed by atoms with Gasteiger partial charge < -0.3 is 14.0 Å². The molecule has 21 heavy (non-hydrogen) atoms. The van der Waals surface area contributed by atoms with Crippen LogP contribution in [0.15, 0.2) is 18.2 Å². The van der Waals surface area contributed by atoms with Gasteiger partial charge in [-0.05, 0) is 47.1 Å². The van der Waals surface area contributed by atoms with Crippen molar-refractivity contribution in [2.24, 2.45) is 0 Å². The van der Waals surface area contributed by atoms with Crippen LogP contribution in [0, 0.1) is 5.82 Å². The molecule has 1 aromatic rings. The van der Waals surface area contributed by atoms with Crippen LogP contribution in [0.25, 0.3) is 0 Å². The molecule has 0 N–H and O–H groups in total. The molecule has 0 radical (unpaired) electrons. The Morgan fingerprint density at radius 3 is 2.24 bits per heavy atom. The average Bonchev–Trinajstić information content (AvgIpc) is 2.58. The smallest absolute Gasteiger partial charge is 0.491 e. The summed E-state index contributed by atoms with van der Waals surface area (Å²) in [4.78, 5) is 0. The fraction of sp³-hybridized carbons (Fsp3) is 0.625. The number of benzene rings is 1. The maximum Gasteiger partial charge on any atom is 0.497 e. The Morgan fingerprint density at radius 1 is 1.19 bits per heavy atom. The van der Waals surface area contributed by atoms with Crippen molar-refractivity contribution in [2.75, 3.05) is 0 Å². The molecule has 5 heteroatoms. The van der Waals surface area contributed by atoms with E-state index in [9.17, 15) is 4.39 Å². The molecule has 0 bridgehead atoms.